The van der Waals surface area contributed by atoms with Crippen LogP contribution in [0.2, 0.25) is 0 Å². The van der Waals surface area contributed by atoms with E-state index in [2.05, 4.69) is 0 Å². The molecule has 2 aliphatic rings. The monoisotopic (exact) mass is 276 g/mol. The summed E-state index contributed by atoms with van der Waals surface area (Å²) in [6.07, 6.45) is 1.63. The van der Waals surface area contributed by atoms with Crippen LogP contribution in [0, 0.1) is 6.92 Å². The number of ether oxygens (including phenoxy) is 1. The molecule has 3 rings (SSSR count). The van der Waals surface area contributed by atoms with Gasteiger partial charge in [-0.25, -0.2) is 0 Å². The molecular weight excluding hydrogens is 256 g/mol. The summed E-state index contributed by atoms with van der Waals surface area (Å²) >= 11 is 0. The van der Waals surface area contributed by atoms with Crippen molar-refractivity contribution in [3.8, 4) is 0 Å². The second-order valence-electron chi connectivity index (χ2n) is 6.04. The van der Waals surface area contributed by atoms with Crippen molar-refractivity contribution in [2.24, 2.45) is 0 Å². The van der Waals surface area contributed by atoms with Gasteiger partial charge >= 0.3 is 0 Å². The Morgan fingerprint density at radius 1 is 1.35 bits per heavy atom. The number of hydrogen-bond acceptors (Lipinski definition) is 3. The fourth-order valence-corrected chi connectivity index (χ4v) is 3.13. The van der Waals surface area contributed by atoms with Crippen LogP contribution in [0.1, 0.15) is 48.3 Å². The highest BCUT2D eigenvalue weighted by Crippen LogP contribution is 2.27. The van der Waals surface area contributed by atoms with Crippen LogP contribution in [0.25, 0.3) is 0 Å². The van der Waals surface area contributed by atoms with Crippen molar-refractivity contribution in [3.63, 3.8) is 0 Å². The minimum Gasteiger partial charge on any atom is -0.354 e. The number of amides is 1. The van der Waals surface area contributed by atoms with Gasteiger partial charge in [0, 0.05) is 17.3 Å². The Hall–Kier alpha value is -1.62. The molecule has 1 aromatic rings. The molecular formula is C15H20N2O3. The molecule has 2 unspecified atom stereocenters. The molecule has 1 fully saturated rings. The third-order valence-corrected chi connectivity index (χ3v) is 4.27. The number of nitrogens with zero attached hydrogens (tertiary/aromatic N) is 2. The van der Waals surface area contributed by atoms with Gasteiger partial charge in [-0.2, -0.15) is 0 Å². The van der Waals surface area contributed by atoms with Crippen LogP contribution in [-0.2, 0) is 11.3 Å². The zero-order valence-corrected chi connectivity index (χ0v) is 12.3. The maximum atomic E-state index is 12.6. The van der Waals surface area contributed by atoms with Crippen LogP contribution in [0.3, 0.4) is 0 Å². The highest BCUT2D eigenvalue weighted by molar-refractivity contribution is 5.95. The Labute approximate surface area is 118 Å². The summed E-state index contributed by atoms with van der Waals surface area (Å²) in [5, 5.41) is 0. The molecule has 0 aliphatic carbocycles. The van der Waals surface area contributed by atoms with Crippen LogP contribution < -0.4 is 5.43 Å². The molecule has 0 saturated carbocycles. The molecule has 0 radical (unpaired) electrons. The van der Waals surface area contributed by atoms with Crippen LogP contribution in [0.4, 0.5) is 0 Å². The summed E-state index contributed by atoms with van der Waals surface area (Å²) in [7, 11) is 0. The van der Waals surface area contributed by atoms with E-state index in [1.165, 1.54) is 0 Å². The fraction of sp³-hybridized carbons (Fsp3) is 0.600. The maximum Gasteiger partial charge on any atom is 0.273 e. The molecule has 2 atom stereocenters. The lowest BCUT2D eigenvalue weighted by Crippen LogP contribution is -2.49. The largest absolute Gasteiger partial charge is 0.354 e. The molecule has 1 saturated heterocycles. The topological polar surface area (TPSA) is 51.5 Å². The van der Waals surface area contributed by atoms with Crippen molar-refractivity contribution in [2.45, 2.75) is 52.4 Å². The molecule has 108 valence electrons. The molecule has 3 heterocycles. The quantitative estimate of drug-likeness (QED) is 0.780. The smallest absolute Gasteiger partial charge is 0.273 e. The average molecular weight is 276 g/mol. The van der Waals surface area contributed by atoms with Gasteiger partial charge in [-0.15, -0.1) is 0 Å². The molecule has 0 aromatic carbocycles. The highest BCUT2D eigenvalue weighted by Gasteiger charge is 2.41. The van der Waals surface area contributed by atoms with Crippen molar-refractivity contribution in [2.75, 3.05) is 6.61 Å². The first kappa shape index (κ1) is 13.4. The first-order chi connectivity index (χ1) is 9.41. The lowest BCUT2D eigenvalue weighted by molar-refractivity contribution is 0.00662. The maximum absolute atomic E-state index is 12.6. The van der Waals surface area contributed by atoms with E-state index in [0.29, 0.717) is 24.4 Å². The van der Waals surface area contributed by atoms with Gasteiger partial charge in [0.15, 0.2) is 11.7 Å². The normalized spacial score (nSPS) is 25.1. The fourth-order valence-electron chi connectivity index (χ4n) is 3.13. The Morgan fingerprint density at radius 3 is 2.70 bits per heavy atom. The summed E-state index contributed by atoms with van der Waals surface area (Å²) in [4.78, 5) is 26.8. The number of hydrogen-bond donors (Lipinski definition) is 0. The number of carbonyl (C=O) groups excluding carboxylic acids is 1. The van der Waals surface area contributed by atoms with Gasteiger partial charge in [-0.05, 0) is 19.8 Å². The molecule has 0 bridgehead atoms. The predicted molar refractivity (Wildman–Crippen MR) is 74.9 cm³/mol. The average Bonchev–Trinajstić information content (AvgIpc) is 2.75. The van der Waals surface area contributed by atoms with Crippen LogP contribution in [0.5, 0.6) is 0 Å². The van der Waals surface area contributed by atoms with E-state index in [0.717, 1.165) is 5.56 Å². The number of rotatable bonds is 1. The highest BCUT2D eigenvalue weighted by atomic mass is 16.5. The second-order valence-corrected chi connectivity index (χ2v) is 6.04. The van der Waals surface area contributed by atoms with Crippen LogP contribution in [-0.4, -0.2) is 34.3 Å². The third kappa shape index (κ3) is 1.73. The van der Waals surface area contributed by atoms with Gasteiger partial charge in [-0.1, -0.05) is 13.8 Å². The Balaban J connectivity index is 2.18. The first-order valence-corrected chi connectivity index (χ1v) is 7.10. The number of aromatic nitrogens is 1. The molecule has 2 aliphatic heterocycles. The Bertz CT molecular complexity index is 633. The van der Waals surface area contributed by atoms with E-state index < -0.39 is 0 Å². The Morgan fingerprint density at radius 2 is 2.05 bits per heavy atom. The van der Waals surface area contributed by atoms with E-state index in [1.807, 2.05) is 31.5 Å². The number of fused-ring (bicyclic) bond motifs is 2. The predicted octanol–water partition coefficient (Wildman–Crippen LogP) is 1.48. The van der Waals surface area contributed by atoms with E-state index in [-0.39, 0.29) is 29.5 Å². The molecule has 5 nitrogen and oxygen atoms in total. The van der Waals surface area contributed by atoms with Crippen molar-refractivity contribution in [1.82, 2.24) is 9.47 Å². The van der Waals surface area contributed by atoms with Gasteiger partial charge in [0.05, 0.1) is 19.2 Å². The zero-order valence-electron chi connectivity index (χ0n) is 12.3. The van der Waals surface area contributed by atoms with Crippen molar-refractivity contribution < 1.29 is 9.53 Å². The molecule has 0 N–H and O–H groups in total. The summed E-state index contributed by atoms with van der Waals surface area (Å²) in [6.45, 7) is 8.88. The lowest BCUT2D eigenvalue weighted by Gasteiger charge is -2.34. The zero-order chi connectivity index (χ0) is 14.6. The van der Waals surface area contributed by atoms with Gasteiger partial charge in [0.25, 0.3) is 5.91 Å². The summed E-state index contributed by atoms with van der Waals surface area (Å²) in [5.41, 5.74) is 1.83. The lowest BCUT2D eigenvalue weighted by atomic mass is 9.99. The van der Waals surface area contributed by atoms with Crippen molar-refractivity contribution in [3.05, 3.63) is 33.2 Å². The molecule has 1 aromatic heterocycles. The van der Waals surface area contributed by atoms with E-state index in [4.69, 9.17) is 4.74 Å². The molecule has 20 heavy (non-hydrogen) atoms. The minimum absolute atomic E-state index is 0.00850. The third-order valence-electron chi connectivity index (χ3n) is 4.27. The van der Waals surface area contributed by atoms with Gasteiger partial charge in [0.2, 0.25) is 0 Å². The van der Waals surface area contributed by atoms with Gasteiger partial charge in [-0.3, -0.25) is 9.59 Å². The van der Waals surface area contributed by atoms with Crippen LogP contribution >= 0.6 is 0 Å². The Kier molecular flexibility index (Phi) is 2.97. The van der Waals surface area contributed by atoms with Gasteiger partial charge < -0.3 is 14.2 Å². The summed E-state index contributed by atoms with van der Waals surface area (Å²) < 4.78 is 7.57. The minimum atomic E-state index is -0.202. The summed E-state index contributed by atoms with van der Waals surface area (Å²) in [5.74, 6) is 0.0618. The second kappa shape index (κ2) is 4.45. The SMILES string of the molecule is Cc1c2n(cc(C(C)C)c1=O)CC1OCC(C)N1C2=O. The van der Waals surface area contributed by atoms with Crippen molar-refractivity contribution >= 4 is 5.91 Å². The number of pyridine rings is 1. The van der Waals surface area contributed by atoms with Gasteiger partial charge in [0.1, 0.15) is 5.69 Å². The molecule has 5 heteroatoms. The van der Waals surface area contributed by atoms with Crippen LogP contribution in [0.15, 0.2) is 11.0 Å². The summed E-state index contributed by atoms with van der Waals surface area (Å²) in [6, 6.07) is 0.0699. The standard InChI is InChI=1S/C15H20N2O3/c1-8(2)11-5-16-6-12-17(9(3)7-20-12)15(19)13(16)10(4)14(11)18/h5,8-9,12H,6-7H2,1-4H3. The van der Waals surface area contributed by atoms with Crippen molar-refractivity contribution in [1.29, 1.82) is 0 Å². The van der Waals surface area contributed by atoms with E-state index in [9.17, 15) is 9.59 Å². The van der Waals surface area contributed by atoms with E-state index >= 15 is 0 Å². The molecule has 1 amide bonds. The number of carbonyl (C=O) groups is 1. The molecule has 0 spiro atoms. The van der Waals surface area contributed by atoms with E-state index in [1.54, 1.807) is 11.8 Å². The first-order valence-electron chi connectivity index (χ1n) is 7.10.